The van der Waals surface area contributed by atoms with E-state index in [2.05, 4.69) is 11.8 Å². The number of unbranched alkanes of at least 4 members (excludes halogenated alkanes) is 28. The normalized spacial score (nSPS) is 11.7. The molecule has 0 radical (unpaired) electrons. The van der Waals surface area contributed by atoms with Gasteiger partial charge in [0, 0.05) is 13.2 Å². The van der Waals surface area contributed by atoms with Gasteiger partial charge in [-0.05, 0) is 51.7 Å². The van der Waals surface area contributed by atoms with E-state index in [1.165, 1.54) is 206 Å². The molecular formula is C37H77NO2. The van der Waals surface area contributed by atoms with Crippen LogP contribution in [0, 0.1) is 0 Å². The van der Waals surface area contributed by atoms with E-state index in [1.54, 1.807) is 0 Å². The summed E-state index contributed by atoms with van der Waals surface area (Å²) in [6, 6.07) is 0. The summed E-state index contributed by atoms with van der Waals surface area (Å²) in [6.07, 6.45) is 42.4. The van der Waals surface area contributed by atoms with Crippen molar-refractivity contribution in [3.63, 3.8) is 0 Å². The Hall–Kier alpha value is -0.120. The first-order valence-electron chi connectivity index (χ1n) is 18.8. The lowest BCUT2D eigenvalue weighted by atomic mass is 10.0. The van der Waals surface area contributed by atoms with Gasteiger partial charge in [-0.25, -0.2) is 0 Å². The smallest absolute Gasteiger partial charge is 0.0431 e. The second-order valence-corrected chi connectivity index (χ2v) is 12.9. The zero-order chi connectivity index (χ0) is 29.0. The number of nitrogens with zero attached hydrogens (tertiary/aromatic N) is 1. The number of aliphatic hydroxyl groups is 2. The molecule has 0 saturated carbocycles. The van der Waals surface area contributed by atoms with E-state index in [0.717, 1.165) is 12.8 Å². The molecule has 242 valence electrons. The van der Waals surface area contributed by atoms with Crippen molar-refractivity contribution in [3.8, 4) is 0 Å². The highest BCUT2D eigenvalue weighted by atomic mass is 16.3. The van der Waals surface area contributed by atoms with Gasteiger partial charge in [-0.2, -0.15) is 0 Å². The molecular weight excluding hydrogens is 490 g/mol. The molecule has 0 amide bonds. The molecule has 0 bridgehead atoms. The average molecular weight is 568 g/mol. The van der Waals surface area contributed by atoms with Crippen molar-refractivity contribution in [1.82, 2.24) is 4.90 Å². The van der Waals surface area contributed by atoms with Crippen LogP contribution in [0.5, 0.6) is 0 Å². The Morgan fingerprint density at radius 1 is 0.275 bits per heavy atom. The minimum atomic E-state index is 0.365. The van der Waals surface area contributed by atoms with Crippen LogP contribution in [0.1, 0.15) is 206 Å². The van der Waals surface area contributed by atoms with Crippen molar-refractivity contribution in [3.05, 3.63) is 0 Å². The predicted molar refractivity (Wildman–Crippen MR) is 179 cm³/mol. The topological polar surface area (TPSA) is 43.7 Å². The van der Waals surface area contributed by atoms with Crippen molar-refractivity contribution < 1.29 is 10.2 Å². The molecule has 3 nitrogen and oxygen atoms in total. The Bertz CT molecular complexity index is 369. The Labute approximate surface area is 253 Å². The second kappa shape index (κ2) is 36.9. The van der Waals surface area contributed by atoms with E-state index in [1.807, 2.05) is 0 Å². The Morgan fingerprint density at radius 3 is 0.700 bits per heavy atom. The maximum absolute atomic E-state index is 8.88. The standard InChI is InChI=1S/C37H77NO2/c1-2-3-4-5-6-7-8-13-18-23-28-33-38(34-29-24-19-14-9-11-16-21-26-31-36-39)35-30-25-20-15-10-12-17-22-27-32-37-40/h39-40H,2-37H2,1H3. The van der Waals surface area contributed by atoms with Gasteiger partial charge in [-0.15, -0.1) is 0 Å². The molecule has 0 spiro atoms. The summed E-state index contributed by atoms with van der Waals surface area (Å²) in [7, 11) is 0. The summed E-state index contributed by atoms with van der Waals surface area (Å²) in [6.45, 7) is 7.02. The fraction of sp³-hybridized carbons (Fsp3) is 1.00. The van der Waals surface area contributed by atoms with E-state index in [9.17, 15) is 0 Å². The van der Waals surface area contributed by atoms with Crippen molar-refractivity contribution in [2.45, 2.75) is 206 Å². The van der Waals surface area contributed by atoms with Crippen molar-refractivity contribution in [2.24, 2.45) is 0 Å². The molecule has 0 fully saturated rings. The Kier molecular flexibility index (Phi) is 36.8. The van der Waals surface area contributed by atoms with Gasteiger partial charge in [-0.3, -0.25) is 0 Å². The van der Waals surface area contributed by atoms with Gasteiger partial charge in [0.25, 0.3) is 0 Å². The van der Waals surface area contributed by atoms with E-state index >= 15 is 0 Å². The highest BCUT2D eigenvalue weighted by Crippen LogP contribution is 2.15. The van der Waals surface area contributed by atoms with Gasteiger partial charge < -0.3 is 15.1 Å². The van der Waals surface area contributed by atoms with Crippen molar-refractivity contribution >= 4 is 0 Å². The molecule has 0 saturated heterocycles. The van der Waals surface area contributed by atoms with Crippen LogP contribution in [0.15, 0.2) is 0 Å². The van der Waals surface area contributed by atoms with Crippen LogP contribution in [0.4, 0.5) is 0 Å². The first-order valence-corrected chi connectivity index (χ1v) is 18.8. The van der Waals surface area contributed by atoms with E-state index in [4.69, 9.17) is 10.2 Å². The molecule has 0 aliphatic heterocycles. The van der Waals surface area contributed by atoms with Gasteiger partial charge in [0.15, 0.2) is 0 Å². The van der Waals surface area contributed by atoms with Crippen LogP contribution in [0.25, 0.3) is 0 Å². The largest absolute Gasteiger partial charge is 0.396 e. The summed E-state index contributed by atoms with van der Waals surface area (Å²) in [5.74, 6) is 0. The van der Waals surface area contributed by atoms with Gasteiger partial charge in [0.1, 0.15) is 0 Å². The third-order valence-electron chi connectivity index (χ3n) is 8.84. The van der Waals surface area contributed by atoms with Crippen LogP contribution in [-0.2, 0) is 0 Å². The van der Waals surface area contributed by atoms with Crippen LogP contribution in [0.2, 0.25) is 0 Å². The minimum Gasteiger partial charge on any atom is -0.396 e. The van der Waals surface area contributed by atoms with Gasteiger partial charge >= 0.3 is 0 Å². The zero-order valence-corrected chi connectivity index (χ0v) is 27.8. The van der Waals surface area contributed by atoms with Crippen LogP contribution in [-0.4, -0.2) is 48.0 Å². The fourth-order valence-corrected chi connectivity index (χ4v) is 6.06. The summed E-state index contributed by atoms with van der Waals surface area (Å²) in [5.41, 5.74) is 0. The summed E-state index contributed by atoms with van der Waals surface area (Å²) >= 11 is 0. The minimum absolute atomic E-state index is 0.365. The quantitative estimate of drug-likeness (QED) is 0.0740. The Morgan fingerprint density at radius 2 is 0.475 bits per heavy atom. The number of aliphatic hydroxyl groups excluding tert-OH is 2. The van der Waals surface area contributed by atoms with E-state index in [-0.39, 0.29) is 0 Å². The molecule has 3 heteroatoms. The summed E-state index contributed by atoms with van der Waals surface area (Å²) < 4.78 is 0. The van der Waals surface area contributed by atoms with Crippen LogP contribution < -0.4 is 0 Å². The Balaban J connectivity index is 3.89. The molecule has 2 N–H and O–H groups in total. The third kappa shape index (κ3) is 34.1. The molecule has 0 unspecified atom stereocenters. The average Bonchev–Trinajstić information content (AvgIpc) is 2.97. The van der Waals surface area contributed by atoms with Gasteiger partial charge in [0.2, 0.25) is 0 Å². The van der Waals surface area contributed by atoms with Crippen molar-refractivity contribution in [1.29, 1.82) is 0 Å². The maximum atomic E-state index is 8.88. The number of rotatable bonds is 36. The second-order valence-electron chi connectivity index (χ2n) is 12.9. The highest BCUT2D eigenvalue weighted by Gasteiger charge is 2.05. The van der Waals surface area contributed by atoms with E-state index < -0.39 is 0 Å². The fourth-order valence-electron chi connectivity index (χ4n) is 6.06. The third-order valence-corrected chi connectivity index (χ3v) is 8.84. The first-order chi connectivity index (χ1) is 19.8. The molecule has 0 aliphatic rings. The number of hydrogen-bond donors (Lipinski definition) is 2. The molecule has 0 aromatic heterocycles. The number of hydrogen-bond acceptors (Lipinski definition) is 3. The molecule has 0 atom stereocenters. The summed E-state index contributed by atoms with van der Waals surface area (Å²) in [5, 5.41) is 17.8. The molecule has 0 heterocycles. The highest BCUT2D eigenvalue weighted by molar-refractivity contribution is 4.61. The lowest BCUT2D eigenvalue weighted by Gasteiger charge is -2.22. The zero-order valence-electron chi connectivity index (χ0n) is 27.8. The molecule has 0 aromatic carbocycles. The van der Waals surface area contributed by atoms with Crippen molar-refractivity contribution in [2.75, 3.05) is 32.8 Å². The predicted octanol–water partition coefficient (Wildman–Crippen LogP) is 11.4. The van der Waals surface area contributed by atoms with Gasteiger partial charge in [-0.1, -0.05) is 174 Å². The first kappa shape index (κ1) is 39.9. The molecule has 0 aliphatic carbocycles. The molecule has 0 rings (SSSR count). The van der Waals surface area contributed by atoms with Crippen LogP contribution in [0.3, 0.4) is 0 Å². The lowest BCUT2D eigenvalue weighted by Crippen LogP contribution is -2.27. The maximum Gasteiger partial charge on any atom is 0.0431 e. The lowest BCUT2D eigenvalue weighted by molar-refractivity contribution is 0.254. The SMILES string of the molecule is CCCCCCCCCCCCCN(CCCCCCCCCCCCO)CCCCCCCCCCCCO. The van der Waals surface area contributed by atoms with E-state index in [0.29, 0.717) is 13.2 Å². The van der Waals surface area contributed by atoms with Crippen LogP contribution >= 0.6 is 0 Å². The molecule has 40 heavy (non-hydrogen) atoms. The monoisotopic (exact) mass is 568 g/mol. The summed E-state index contributed by atoms with van der Waals surface area (Å²) in [4.78, 5) is 2.82. The van der Waals surface area contributed by atoms with Gasteiger partial charge in [0.05, 0.1) is 0 Å². The molecule has 0 aromatic rings.